The lowest BCUT2D eigenvalue weighted by atomic mass is 9.89. The molecule has 1 aliphatic carbocycles. The van der Waals surface area contributed by atoms with Gasteiger partial charge in [0.1, 0.15) is 6.04 Å². The van der Waals surface area contributed by atoms with Crippen LogP contribution in [0.2, 0.25) is 0 Å². The van der Waals surface area contributed by atoms with Gasteiger partial charge in [-0.05, 0) is 50.4 Å². The van der Waals surface area contributed by atoms with Crippen molar-refractivity contribution in [3.8, 4) is 0 Å². The molecule has 146 valence electrons. The number of ether oxygens (including phenoxy) is 1. The number of carbonyl (C=O) groups is 3. The third-order valence-electron chi connectivity index (χ3n) is 6.25. The minimum Gasteiger partial charge on any atom is -0.381 e. The summed E-state index contributed by atoms with van der Waals surface area (Å²) in [6.07, 6.45) is 9.74. The average molecular weight is 364 g/mol. The maximum atomic E-state index is 12.6. The number of hydrogen-bond donors (Lipinski definition) is 1. The van der Waals surface area contributed by atoms with E-state index in [0.717, 1.165) is 45.3 Å². The van der Waals surface area contributed by atoms with Gasteiger partial charge in [-0.25, -0.2) is 0 Å². The van der Waals surface area contributed by atoms with Crippen LogP contribution in [0.4, 0.5) is 0 Å². The van der Waals surface area contributed by atoms with Crippen LogP contribution < -0.4 is 5.32 Å². The smallest absolute Gasteiger partial charge is 0.289 e. The van der Waals surface area contributed by atoms with Crippen molar-refractivity contribution in [2.75, 3.05) is 26.3 Å². The van der Waals surface area contributed by atoms with E-state index in [1.165, 1.54) is 19.3 Å². The van der Waals surface area contributed by atoms with E-state index >= 15 is 0 Å². The maximum Gasteiger partial charge on any atom is 0.289 e. The summed E-state index contributed by atoms with van der Waals surface area (Å²) in [5.41, 5.74) is 0. The van der Waals surface area contributed by atoms with Crippen molar-refractivity contribution in [1.29, 1.82) is 0 Å². The van der Waals surface area contributed by atoms with E-state index in [9.17, 15) is 14.4 Å². The van der Waals surface area contributed by atoms with Crippen LogP contribution >= 0.6 is 0 Å². The van der Waals surface area contributed by atoms with Crippen LogP contribution in [-0.2, 0) is 19.1 Å². The van der Waals surface area contributed by atoms with E-state index < -0.39 is 17.7 Å². The van der Waals surface area contributed by atoms with Gasteiger partial charge < -0.3 is 15.0 Å². The first-order valence-corrected chi connectivity index (χ1v) is 10.3. The lowest BCUT2D eigenvalue weighted by Crippen LogP contribution is -2.47. The number of rotatable bonds is 7. The van der Waals surface area contributed by atoms with Crippen LogP contribution in [0.25, 0.3) is 0 Å². The number of hydrogen-bond acceptors (Lipinski definition) is 4. The van der Waals surface area contributed by atoms with Gasteiger partial charge in [-0.15, -0.1) is 0 Å². The Bertz CT molecular complexity index is 510. The molecule has 0 aromatic carbocycles. The van der Waals surface area contributed by atoms with Crippen LogP contribution in [-0.4, -0.2) is 54.8 Å². The molecule has 6 heteroatoms. The van der Waals surface area contributed by atoms with Crippen molar-refractivity contribution in [3.05, 3.63) is 0 Å². The lowest BCUT2D eigenvalue weighted by Gasteiger charge is -2.28. The molecule has 2 aliphatic heterocycles. The lowest BCUT2D eigenvalue weighted by molar-refractivity contribution is -0.143. The molecule has 2 saturated heterocycles. The normalized spacial score (nSPS) is 25.5. The number of ketones is 1. The molecule has 2 amide bonds. The first-order chi connectivity index (χ1) is 12.6. The molecule has 1 saturated carbocycles. The topological polar surface area (TPSA) is 75.7 Å². The molecular formula is C20H32N2O4. The number of nitrogens with zero attached hydrogens (tertiary/aromatic N) is 1. The molecule has 0 radical (unpaired) electrons. The van der Waals surface area contributed by atoms with E-state index in [2.05, 4.69) is 5.32 Å². The summed E-state index contributed by atoms with van der Waals surface area (Å²) in [5, 5.41) is 2.83. The second-order valence-corrected chi connectivity index (χ2v) is 8.06. The minimum atomic E-state index is -0.561. The van der Waals surface area contributed by atoms with Crippen molar-refractivity contribution in [2.24, 2.45) is 11.8 Å². The molecule has 1 unspecified atom stereocenters. The van der Waals surface area contributed by atoms with Crippen molar-refractivity contribution in [2.45, 2.75) is 70.3 Å². The molecule has 0 aromatic heterocycles. The van der Waals surface area contributed by atoms with Gasteiger partial charge in [0.2, 0.25) is 11.7 Å². The highest BCUT2D eigenvalue weighted by Crippen LogP contribution is 2.25. The monoisotopic (exact) mass is 364 g/mol. The minimum absolute atomic E-state index is 0.00971. The largest absolute Gasteiger partial charge is 0.381 e. The third kappa shape index (κ3) is 5.06. The summed E-state index contributed by atoms with van der Waals surface area (Å²) in [4.78, 5) is 38.8. The Hall–Kier alpha value is -1.43. The molecule has 1 atom stereocenters. The molecule has 0 aromatic rings. The zero-order chi connectivity index (χ0) is 18.4. The number of nitrogens with one attached hydrogen (secondary N) is 1. The van der Waals surface area contributed by atoms with Gasteiger partial charge in [-0.3, -0.25) is 14.4 Å². The zero-order valence-corrected chi connectivity index (χ0v) is 15.7. The summed E-state index contributed by atoms with van der Waals surface area (Å²) in [6.45, 7) is 2.73. The van der Waals surface area contributed by atoms with Crippen molar-refractivity contribution in [1.82, 2.24) is 10.2 Å². The summed E-state index contributed by atoms with van der Waals surface area (Å²) in [6, 6.07) is -0.561. The SMILES string of the molecule is O=C(NCC1CCCCC1)C(=O)C1CCC(=O)N1CCC1CCOCC1. The van der Waals surface area contributed by atoms with E-state index in [1.54, 1.807) is 4.90 Å². The Labute approximate surface area is 156 Å². The predicted molar refractivity (Wildman–Crippen MR) is 97.5 cm³/mol. The second kappa shape index (κ2) is 9.49. The summed E-state index contributed by atoms with van der Waals surface area (Å²) in [7, 11) is 0. The fourth-order valence-corrected chi connectivity index (χ4v) is 4.51. The Morgan fingerprint density at radius 1 is 1.00 bits per heavy atom. The first kappa shape index (κ1) is 19.3. The molecule has 3 aliphatic rings. The highest BCUT2D eigenvalue weighted by molar-refractivity contribution is 6.38. The van der Waals surface area contributed by atoms with E-state index in [-0.39, 0.29) is 5.91 Å². The van der Waals surface area contributed by atoms with Crippen molar-refractivity contribution >= 4 is 17.6 Å². The fraction of sp³-hybridized carbons (Fsp3) is 0.850. The Morgan fingerprint density at radius 2 is 1.73 bits per heavy atom. The Morgan fingerprint density at radius 3 is 2.46 bits per heavy atom. The summed E-state index contributed by atoms with van der Waals surface area (Å²) < 4.78 is 5.37. The Kier molecular flexibility index (Phi) is 7.06. The van der Waals surface area contributed by atoms with E-state index in [4.69, 9.17) is 4.74 Å². The van der Waals surface area contributed by atoms with Crippen LogP contribution in [0.3, 0.4) is 0 Å². The van der Waals surface area contributed by atoms with Gasteiger partial charge >= 0.3 is 0 Å². The highest BCUT2D eigenvalue weighted by Gasteiger charge is 2.38. The predicted octanol–water partition coefficient (Wildman–Crippen LogP) is 2.06. The van der Waals surface area contributed by atoms with Gasteiger partial charge in [0.05, 0.1) is 0 Å². The van der Waals surface area contributed by atoms with Gasteiger partial charge in [-0.2, -0.15) is 0 Å². The van der Waals surface area contributed by atoms with Crippen LogP contribution in [0.5, 0.6) is 0 Å². The van der Waals surface area contributed by atoms with Gasteiger partial charge in [-0.1, -0.05) is 19.3 Å². The third-order valence-corrected chi connectivity index (χ3v) is 6.25. The van der Waals surface area contributed by atoms with Gasteiger partial charge in [0, 0.05) is 32.7 Å². The maximum absolute atomic E-state index is 12.6. The molecule has 3 fully saturated rings. The Balaban J connectivity index is 1.47. The van der Waals surface area contributed by atoms with Crippen molar-refractivity contribution < 1.29 is 19.1 Å². The molecular weight excluding hydrogens is 332 g/mol. The van der Waals surface area contributed by atoms with Crippen molar-refractivity contribution in [3.63, 3.8) is 0 Å². The standard InChI is InChI=1S/C20H32N2O4/c23-18-7-6-17(22(18)11-8-15-9-12-26-13-10-15)19(24)20(25)21-14-16-4-2-1-3-5-16/h15-17H,1-14H2,(H,21,25). The molecule has 0 bridgehead atoms. The number of Topliss-reactive ketones (excluding diaryl/α,β-unsaturated/α-hetero) is 1. The molecule has 0 spiro atoms. The zero-order valence-electron chi connectivity index (χ0n) is 15.7. The fourth-order valence-electron chi connectivity index (χ4n) is 4.51. The summed E-state index contributed by atoms with van der Waals surface area (Å²) >= 11 is 0. The van der Waals surface area contributed by atoms with Crippen LogP contribution in [0, 0.1) is 11.8 Å². The van der Waals surface area contributed by atoms with Gasteiger partial charge in [0.15, 0.2) is 0 Å². The molecule has 1 N–H and O–H groups in total. The van der Waals surface area contributed by atoms with E-state index in [1.807, 2.05) is 0 Å². The number of likely N-dealkylation sites (tertiary alicyclic amines) is 1. The van der Waals surface area contributed by atoms with Crippen LogP contribution in [0.15, 0.2) is 0 Å². The first-order valence-electron chi connectivity index (χ1n) is 10.3. The second-order valence-electron chi connectivity index (χ2n) is 8.06. The quantitative estimate of drug-likeness (QED) is 0.702. The molecule has 3 rings (SSSR count). The van der Waals surface area contributed by atoms with Gasteiger partial charge in [0.25, 0.3) is 5.91 Å². The number of carbonyl (C=O) groups excluding carboxylic acids is 3. The molecule has 6 nitrogen and oxygen atoms in total. The van der Waals surface area contributed by atoms with Crippen LogP contribution in [0.1, 0.15) is 64.2 Å². The number of amides is 2. The molecule has 26 heavy (non-hydrogen) atoms. The highest BCUT2D eigenvalue weighted by atomic mass is 16.5. The van der Waals surface area contributed by atoms with E-state index in [0.29, 0.717) is 37.8 Å². The average Bonchev–Trinajstić information content (AvgIpc) is 3.06. The summed E-state index contributed by atoms with van der Waals surface area (Å²) in [5.74, 6) is 0.115. The molecule has 2 heterocycles.